The molecule has 4 nitrogen and oxygen atoms in total. The molecule has 0 radical (unpaired) electrons. The molecule has 1 saturated carbocycles. The van der Waals surface area contributed by atoms with Crippen LogP contribution in [-0.2, 0) is 16.6 Å². The van der Waals surface area contributed by atoms with Crippen LogP contribution in [0.3, 0.4) is 0 Å². The van der Waals surface area contributed by atoms with Gasteiger partial charge < -0.3 is 5.73 Å². The lowest BCUT2D eigenvalue weighted by Crippen LogP contribution is -2.39. The number of benzene rings is 1. The van der Waals surface area contributed by atoms with Crippen molar-refractivity contribution in [2.45, 2.75) is 56.0 Å². The fourth-order valence-corrected chi connectivity index (χ4v) is 5.67. The summed E-state index contributed by atoms with van der Waals surface area (Å²) in [6, 6.07) is 7.28. The first kappa shape index (κ1) is 15.0. The molecule has 1 aliphatic carbocycles. The Bertz CT molecular complexity index is 594. The molecule has 0 spiro atoms. The van der Waals surface area contributed by atoms with Gasteiger partial charge in [-0.25, -0.2) is 8.42 Å². The molecule has 2 aliphatic rings. The highest BCUT2D eigenvalue weighted by Gasteiger charge is 2.40. The second-order valence-corrected chi connectivity index (χ2v) is 8.11. The maximum atomic E-state index is 13.0. The third kappa shape index (κ3) is 2.87. The molecule has 5 heteroatoms. The van der Waals surface area contributed by atoms with Crippen LogP contribution in [0.2, 0.25) is 0 Å². The molecule has 2 fully saturated rings. The third-order valence-electron chi connectivity index (χ3n) is 4.93. The fraction of sp³-hybridized carbons (Fsp3) is 0.625. The van der Waals surface area contributed by atoms with Gasteiger partial charge in [-0.1, -0.05) is 25.0 Å². The van der Waals surface area contributed by atoms with E-state index in [1.807, 2.05) is 6.07 Å². The molecular weight excluding hydrogens is 284 g/mol. The SMILES string of the molecule is NCc1cccc(S(=O)(=O)N2CCCC2C2CCCC2)c1. The minimum Gasteiger partial charge on any atom is -0.326 e. The molecule has 21 heavy (non-hydrogen) atoms. The summed E-state index contributed by atoms with van der Waals surface area (Å²) in [5.41, 5.74) is 6.50. The van der Waals surface area contributed by atoms with E-state index in [0.29, 0.717) is 23.9 Å². The Morgan fingerprint density at radius 1 is 1.14 bits per heavy atom. The van der Waals surface area contributed by atoms with Crippen molar-refractivity contribution < 1.29 is 8.42 Å². The molecule has 116 valence electrons. The van der Waals surface area contributed by atoms with Gasteiger partial charge in [-0.3, -0.25) is 0 Å². The average Bonchev–Trinajstić information content (AvgIpc) is 3.17. The molecule has 1 heterocycles. The number of nitrogens with two attached hydrogens (primary N) is 1. The second-order valence-electron chi connectivity index (χ2n) is 6.22. The maximum Gasteiger partial charge on any atom is 0.243 e. The molecule has 1 aliphatic heterocycles. The highest BCUT2D eigenvalue weighted by Crippen LogP contribution is 2.38. The number of nitrogens with zero attached hydrogens (tertiary/aromatic N) is 1. The van der Waals surface area contributed by atoms with Crippen LogP contribution in [0, 0.1) is 5.92 Å². The Morgan fingerprint density at radius 2 is 1.90 bits per heavy atom. The Balaban J connectivity index is 1.89. The van der Waals surface area contributed by atoms with Crippen LogP contribution in [0.15, 0.2) is 29.2 Å². The van der Waals surface area contributed by atoms with Gasteiger partial charge in [0.05, 0.1) is 4.90 Å². The van der Waals surface area contributed by atoms with Crippen LogP contribution in [0.5, 0.6) is 0 Å². The van der Waals surface area contributed by atoms with Crippen LogP contribution in [0.1, 0.15) is 44.1 Å². The second kappa shape index (κ2) is 6.07. The van der Waals surface area contributed by atoms with Crippen molar-refractivity contribution in [1.29, 1.82) is 0 Å². The molecule has 1 aromatic carbocycles. The van der Waals surface area contributed by atoms with E-state index in [1.54, 1.807) is 22.5 Å². The molecule has 1 saturated heterocycles. The van der Waals surface area contributed by atoms with Gasteiger partial charge in [-0.15, -0.1) is 0 Å². The van der Waals surface area contributed by atoms with E-state index < -0.39 is 10.0 Å². The van der Waals surface area contributed by atoms with Gasteiger partial charge in [-0.2, -0.15) is 4.31 Å². The van der Waals surface area contributed by atoms with Crippen LogP contribution < -0.4 is 5.73 Å². The van der Waals surface area contributed by atoms with E-state index in [-0.39, 0.29) is 6.04 Å². The van der Waals surface area contributed by atoms with Crippen molar-refractivity contribution in [2.24, 2.45) is 11.7 Å². The van der Waals surface area contributed by atoms with Crippen molar-refractivity contribution in [2.75, 3.05) is 6.54 Å². The number of rotatable bonds is 4. The van der Waals surface area contributed by atoms with Crippen LogP contribution in [0.4, 0.5) is 0 Å². The molecule has 0 amide bonds. The molecule has 0 aromatic heterocycles. The lowest BCUT2D eigenvalue weighted by Gasteiger charge is -2.28. The summed E-state index contributed by atoms with van der Waals surface area (Å²) in [6.07, 6.45) is 6.85. The number of hydrogen-bond acceptors (Lipinski definition) is 3. The van der Waals surface area contributed by atoms with Gasteiger partial charge in [0, 0.05) is 19.1 Å². The largest absolute Gasteiger partial charge is 0.326 e. The molecule has 1 aromatic rings. The summed E-state index contributed by atoms with van der Waals surface area (Å²) < 4.78 is 27.7. The van der Waals surface area contributed by atoms with E-state index in [4.69, 9.17) is 5.73 Å². The first-order chi connectivity index (χ1) is 10.1. The number of sulfonamides is 1. The summed E-state index contributed by atoms with van der Waals surface area (Å²) in [5, 5.41) is 0. The van der Waals surface area contributed by atoms with E-state index in [0.717, 1.165) is 18.4 Å². The maximum absolute atomic E-state index is 13.0. The molecule has 0 bridgehead atoms. The first-order valence-corrected chi connectivity index (χ1v) is 9.38. The van der Waals surface area contributed by atoms with Crippen molar-refractivity contribution in [3.63, 3.8) is 0 Å². The summed E-state index contributed by atoms with van der Waals surface area (Å²) in [6.45, 7) is 1.03. The fourth-order valence-electron chi connectivity index (χ4n) is 3.85. The lowest BCUT2D eigenvalue weighted by atomic mass is 9.97. The Morgan fingerprint density at radius 3 is 2.62 bits per heavy atom. The zero-order chi connectivity index (χ0) is 14.9. The van der Waals surface area contributed by atoms with Gasteiger partial charge in [-0.05, 0) is 49.3 Å². The van der Waals surface area contributed by atoms with E-state index >= 15 is 0 Å². The highest BCUT2D eigenvalue weighted by atomic mass is 32.2. The Hall–Kier alpha value is -0.910. The van der Waals surface area contributed by atoms with Crippen LogP contribution >= 0.6 is 0 Å². The molecule has 2 N–H and O–H groups in total. The summed E-state index contributed by atoms with van der Waals surface area (Å²) in [5.74, 6) is 0.556. The van der Waals surface area contributed by atoms with Crippen molar-refractivity contribution in [1.82, 2.24) is 4.31 Å². The van der Waals surface area contributed by atoms with Crippen molar-refractivity contribution >= 4 is 10.0 Å². The molecule has 3 rings (SSSR count). The predicted octanol–water partition coefficient (Wildman–Crippen LogP) is 2.49. The standard InChI is InChI=1S/C16H24N2O2S/c17-12-13-5-3-8-15(11-13)21(19,20)18-10-4-9-16(18)14-6-1-2-7-14/h3,5,8,11,14,16H,1-2,4,6-7,9-10,12,17H2. The topological polar surface area (TPSA) is 63.4 Å². The van der Waals surface area contributed by atoms with Gasteiger partial charge >= 0.3 is 0 Å². The summed E-state index contributed by atoms with van der Waals surface area (Å²) in [4.78, 5) is 0.398. The van der Waals surface area contributed by atoms with Gasteiger partial charge in [0.1, 0.15) is 0 Å². The predicted molar refractivity (Wildman–Crippen MR) is 83.2 cm³/mol. The smallest absolute Gasteiger partial charge is 0.243 e. The first-order valence-electron chi connectivity index (χ1n) is 7.94. The average molecular weight is 308 g/mol. The molecular formula is C16H24N2O2S. The normalized spacial score (nSPS) is 24.7. The number of hydrogen-bond donors (Lipinski definition) is 1. The van der Waals surface area contributed by atoms with Gasteiger partial charge in [0.2, 0.25) is 10.0 Å². The van der Waals surface area contributed by atoms with Gasteiger partial charge in [0.25, 0.3) is 0 Å². The summed E-state index contributed by atoms with van der Waals surface area (Å²) >= 11 is 0. The van der Waals surface area contributed by atoms with E-state index in [2.05, 4.69) is 0 Å². The Labute approximate surface area is 127 Å². The van der Waals surface area contributed by atoms with Crippen molar-refractivity contribution in [3.8, 4) is 0 Å². The monoisotopic (exact) mass is 308 g/mol. The zero-order valence-corrected chi connectivity index (χ0v) is 13.2. The molecule has 1 atom stereocenters. The third-order valence-corrected chi connectivity index (χ3v) is 6.85. The van der Waals surface area contributed by atoms with E-state index in [9.17, 15) is 8.42 Å². The van der Waals surface area contributed by atoms with Crippen LogP contribution in [-0.4, -0.2) is 25.3 Å². The summed E-state index contributed by atoms with van der Waals surface area (Å²) in [7, 11) is -3.38. The van der Waals surface area contributed by atoms with Crippen LogP contribution in [0.25, 0.3) is 0 Å². The van der Waals surface area contributed by atoms with Gasteiger partial charge in [0.15, 0.2) is 0 Å². The van der Waals surface area contributed by atoms with E-state index in [1.165, 1.54) is 25.7 Å². The minimum absolute atomic E-state index is 0.207. The quantitative estimate of drug-likeness (QED) is 0.929. The minimum atomic E-state index is -3.38. The molecule has 1 unspecified atom stereocenters. The zero-order valence-electron chi connectivity index (χ0n) is 12.4. The lowest BCUT2D eigenvalue weighted by molar-refractivity contribution is 0.288. The Kier molecular flexibility index (Phi) is 4.33. The van der Waals surface area contributed by atoms with Crippen molar-refractivity contribution in [3.05, 3.63) is 29.8 Å². The highest BCUT2D eigenvalue weighted by molar-refractivity contribution is 7.89.